The first-order chi connectivity index (χ1) is 10.6. The summed E-state index contributed by atoms with van der Waals surface area (Å²) in [6, 6.07) is 0. The minimum atomic E-state index is -5.13. The lowest BCUT2D eigenvalue weighted by molar-refractivity contribution is -0.175. The molecule has 2 aliphatic heterocycles. The van der Waals surface area contributed by atoms with E-state index in [1.54, 1.807) is 30.5 Å². The Morgan fingerprint density at radius 3 is 2.57 bits per heavy atom. The first-order valence-electron chi connectivity index (χ1n) is 6.53. The fraction of sp³-hybridized carbons (Fsp3) is 0.286. The molecule has 0 aromatic heterocycles. The molecule has 9 heteroatoms. The van der Waals surface area contributed by atoms with Crippen LogP contribution in [0.5, 0.6) is 0 Å². The summed E-state index contributed by atoms with van der Waals surface area (Å²) in [6.45, 7) is 1.57. The molecule has 0 saturated carbocycles. The van der Waals surface area contributed by atoms with Crippen LogP contribution in [0.1, 0.15) is 6.92 Å². The highest BCUT2D eigenvalue weighted by molar-refractivity contribution is 6.35. The highest BCUT2D eigenvalue weighted by Gasteiger charge is 2.44. The van der Waals surface area contributed by atoms with Gasteiger partial charge < -0.3 is 15.5 Å². The maximum atomic E-state index is 12.3. The normalized spacial score (nSPS) is 19.3. The third-order valence-corrected chi connectivity index (χ3v) is 3.35. The average Bonchev–Trinajstić information content (AvgIpc) is 2.46. The van der Waals surface area contributed by atoms with Crippen LogP contribution < -0.4 is 10.6 Å². The van der Waals surface area contributed by atoms with Gasteiger partial charge in [-0.2, -0.15) is 13.2 Å². The second-order valence-electron chi connectivity index (χ2n) is 4.96. The van der Waals surface area contributed by atoms with Crippen LogP contribution in [0.25, 0.3) is 0 Å². The van der Waals surface area contributed by atoms with Gasteiger partial charge in [-0.15, -0.1) is 0 Å². The van der Waals surface area contributed by atoms with Gasteiger partial charge in [0.2, 0.25) is 0 Å². The SMILES string of the molecule is CC(Cl)(NC(=O)C(F)(F)F)C(=O)NC1=CC=CN2CC=CC=C12. The van der Waals surface area contributed by atoms with E-state index in [0.29, 0.717) is 17.9 Å². The Bertz CT molecular complexity index is 648. The molecule has 0 fully saturated rings. The molecular formula is C14H13ClF3N3O2. The zero-order chi connectivity index (χ0) is 17.3. The standard InChI is InChI=1S/C14H13ClF3N3O2/c1-13(15,20-12(23)14(16,17)18)11(22)19-9-5-4-8-21-7-3-2-6-10(9)21/h2-6,8H,7H2,1H3,(H,19,22)(H,20,23). The number of fused-ring (bicyclic) bond motifs is 1. The molecule has 1 atom stereocenters. The number of halogens is 4. The topological polar surface area (TPSA) is 61.4 Å². The second-order valence-corrected chi connectivity index (χ2v) is 5.72. The van der Waals surface area contributed by atoms with E-state index < -0.39 is 23.0 Å². The Labute approximate surface area is 135 Å². The number of hydrogen-bond acceptors (Lipinski definition) is 3. The Kier molecular flexibility index (Phi) is 4.56. The molecule has 0 saturated heterocycles. The highest BCUT2D eigenvalue weighted by Crippen LogP contribution is 2.23. The zero-order valence-corrected chi connectivity index (χ0v) is 12.7. The number of nitrogens with zero attached hydrogens (tertiary/aromatic N) is 1. The number of alkyl halides is 4. The van der Waals surface area contributed by atoms with E-state index in [1.807, 2.05) is 11.0 Å². The van der Waals surface area contributed by atoms with E-state index >= 15 is 0 Å². The minimum absolute atomic E-state index is 0.370. The van der Waals surface area contributed by atoms with Gasteiger partial charge in [-0.25, -0.2) is 0 Å². The zero-order valence-electron chi connectivity index (χ0n) is 11.9. The van der Waals surface area contributed by atoms with Crippen molar-refractivity contribution in [1.82, 2.24) is 15.5 Å². The van der Waals surface area contributed by atoms with Crippen LogP contribution in [0.15, 0.2) is 48.0 Å². The molecule has 0 spiro atoms. The quantitative estimate of drug-likeness (QED) is 0.605. The average molecular weight is 348 g/mol. The molecule has 0 radical (unpaired) electrons. The Hall–Kier alpha value is -2.22. The summed E-state index contributed by atoms with van der Waals surface area (Å²) in [5, 5.41) is 3.88. The molecule has 2 aliphatic rings. The Morgan fingerprint density at radius 2 is 1.91 bits per heavy atom. The Morgan fingerprint density at radius 1 is 1.22 bits per heavy atom. The van der Waals surface area contributed by atoms with Gasteiger partial charge in [0.15, 0.2) is 5.00 Å². The van der Waals surface area contributed by atoms with Gasteiger partial charge in [-0.05, 0) is 25.2 Å². The maximum Gasteiger partial charge on any atom is 0.471 e. The molecule has 0 bridgehead atoms. The molecule has 2 rings (SSSR count). The van der Waals surface area contributed by atoms with Crippen molar-refractivity contribution in [3.8, 4) is 0 Å². The summed E-state index contributed by atoms with van der Waals surface area (Å²) in [7, 11) is 0. The number of hydrogen-bond donors (Lipinski definition) is 2. The number of rotatable bonds is 3. The molecular weight excluding hydrogens is 335 g/mol. The smallest absolute Gasteiger partial charge is 0.342 e. The monoisotopic (exact) mass is 347 g/mol. The van der Waals surface area contributed by atoms with Gasteiger partial charge in [0.25, 0.3) is 5.91 Å². The van der Waals surface area contributed by atoms with Crippen molar-refractivity contribution >= 4 is 23.4 Å². The highest BCUT2D eigenvalue weighted by atomic mass is 35.5. The summed E-state index contributed by atoms with van der Waals surface area (Å²) in [5.74, 6) is -3.27. The summed E-state index contributed by atoms with van der Waals surface area (Å²) >= 11 is 5.75. The molecule has 2 N–H and O–H groups in total. The lowest BCUT2D eigenvalue weighted by Crippen LogP contribution is -2.56. The van der Waals surface area contributed by atoms with Crippen LogP contribution in [0.2, 0.25) is 0 Å². The van der Waals surface area contributed by atoms with E-state index in [0.717, 1.165) is 6.92 Å². The van der Waals surface area contributed by atoms with E-state index in [1.165, 1.54) is 5.32 Å². The molecule has 2 heterocycles. The summed E-state index contributed by atoms with van der Waals surface area (Å²) in [5.41, 5.74) is 1.04. The van der Waals surface area contributed by atoms with Crippen molar-refractivity contribution < 1.29 is 22.8 Å². The predicted molar refractivity (Wildman–Crippen MR) is 77.8 cm³/mol. The molecule has 0 aliphatic carbocycles. The second kappa shape index (κ2) is 6.11. The van der Waals surface area contributed by atoms with E-state index in [4.69, 9.17) is 11.6 Å². The van der Waals surface area contributed by atoms with Crippen LogP contribution in [0.3, 0.4) is 0 Å². The molecule has 23 heavy (non-hydrogen) atoms. The third-order valence-electron chi connectivity index (χ3n) is 3.09. The van der Waals surface area contributed by atoms with Crippen molar-refractivity contribution in [1.29, 1.82) is 0 Å². The van der Waals surface area contributed by atoms with Crippen LogP contribution in [-0.2, 0) is 9.59 Å². The fourth-order valence-electron chi connectivity index (χ4n) is 1.93. The molecule has 124 valence electrons. The van der Waals surface area contributed by atoms with Crippen LogP contribution in [0, 0.1) is 0 Å². The van der Waals surface area contributed by atoms with Gasteiger partial charge in [0.05, 0.1) is 11.4 Å². The number of nitrogens with one attached hydrogen (secondary N) is 2. The number of allylic oxidation sites excluding steroid dienone is 4. The summed E-state index contributed by atoms with van der Waals surface area (Å²) in [6.07, 6.45) is 5.33. The molecule has 5 nitrogen and oxygen atoms in total. The van der Waals surface area contributed by atoms with Gasteiger partial charge in [0.1, 0.15) is 0 Å². The first kappa shape index (κ1) is 17.1. The molecule has 0 aromatic carbocycles. The van der Waals surface area contributed by atoms with Crippen molar-refractivity contribution in [2.24, 2.45) is 0 Å². The van der Waals surface area contributed by atoms with E-state index in [2.05, 4.69) is 5.32 Å². The third kappa shape index (κ3) is 3.95. The number of amides is 2. The van der Waals surface area contributed by atoms with Gasteiger partial charge in [-0.1, -0.05) is 23.8 Å². The fourth-order valence-corrected chi connectivity index (χ4v) is 2.06. The van der Waals surface area contributed by atoms with Gasteiger partial charge in [-0.3, -0.25) is 9.59 Å². The molecule has 2 amide bonds. The van der Waals surface area contributed by atoms with Gasteiger partial charge >= 0.3 is 12.1 Å². The number of carbonyl (C=O) groups is 2. The summed E-state index contributed by atoms with van der Waals surface area (Å²) in [4.78, 5) is 22.6. The summed E-state index contributed by atoms with van der Waals surface area (Å²) < 4.78 is 36.8. The van der Waals surface area contributed by atoms with Gasteiger partial charge in [0, 0.05) is 12.7 Å². The van der Waals surface area contributed by atoms with E-state index in [9.17, 15) is 22.8 Å². The lowest BCUT2D eigenvalue weighted by Gasteiger charge is -2.30. The van der Waals surface area contributed by atoms with Crippen molar-refractivity contribution in [3.05, 3.63) is 48.0 Å². The largest absolute Gasteiger partial charge is 0.471 e. The van der Waals surface area contributed by atoms with Crippen LogP contribution >= 0.6 is 11.6 Å². The molecule has 1 unspecified atom stereocenters. The first-order valence-corrected chi connectivity index (χ1v) is 6.91. The number of carbonyl (C=O) groups excluding carboxylic acids is 2. The predicted octanol–water partition coefficient (Wildman–Crippen LogP) is 1.90. The van der Waals surface area contributed by atoms with Crippen LogP contribution in [0.4, 0.5) is 13.2 Å². The van der Waals surface area contributed by atoms with Crippen LogP contribution in [-0.4, -0.2) is 34.4 Å². The minimum Gasteiger partial charge on any atom is -0.342 e. The lowest BCUT2D eigenvalue weighted by atomic mass is 10.1. The van der Waals surface area contributed by atoms with Crippen molar-refractivity contribution in [3.63, 3.8) is 0 Å². The van der Waals surface area contributed by atoms with E-state index in [-0.39, 0.29) is 0 Å². The Balaban J connectivity index is 2.10. The maximum absolute atomic E-state index is 12.3. The molecule has 0 aromatic rings. The van der Waals surface area contributed by atoms with Crippen molar-refractivity contribution in [2.45, 2.75) is 18.1 Å². The van der Waals surface area contributed by atoms with Crippen molar-refractivity contribution in [2.75, 3.05) is 6.54 Å².